The Balaban J connectivity index is 2.04. The molecule has 0 radical (unpaired) electrons. The van der Waals surface area contributed by atoms with E-state index in [9.17, 15) is 9.59 Å². The van der Waals surface area contributed by atoms with Crippen LogP contribution in [-0.4, -0.2) is 52.1 Å². The summed E-state index contributed by atoms with van der Waals surface area (Å²) in [6.45, 7) is 0.719. The van der Waals surface area contributed by atoms with Gasteiger partial charge in [0.1, 0.15) is 6.04 Å². The van der Waals surface area contributed by atoms with Gasteiger partial charge in [-0.1, -0.05) is 5.16 Å². The van der Waals surface area contributed by atoms with E-state index in [2.05, 4.69) is 26.1 Å². The third kappa shape index (κ3) is 4.40. The summed E-state index contributed by atoms with van der Waals surface area (Å²) < 4.78 is 5.09. The molecule has 2 rings (SSSR count). The Kier molecular flexibility index (Phi) is 5.67. The lowest BCUT2D eigenvalue weighted by atomic mass is 10.2. The van der Waals surface area contributed by atoms with Crippen LogP contribution in [0.25, 0.3) is 0 Å². The van der Waals surface area contributed by atoms with E-state index >= 15 is 0 Å². The minimum absolute atomic E-state index is 0.00815. The van der Waals surface area contributed by atoms with Crippen LogP contribution in [0.15, 0.2) is 4.52 Å². The highest BCUT2D eigenvalue weighted by molar-refractivity contribution is 5.75. The standard InChI is InChI=1S/C12H19N5O5/c18-5-4-14-12(21)15-8(6-9(19)20)11-16-10(17-22-11)7-2-1-3-13-7/h7-8,13,18H,1-6H2,(H,19,20)(H2,14,15,21)/t7-,8-/m0/s1. The predicted molar refractivity (Wildman–Crippen MR) is 72.9 cm³/mol. The molecule has 0 bridgehead atoms. The quantitative estimate of drug-likeness (QED) is 0.443. The SMILES string of the molecule is O=C(O)C[C@H](NC(=O)NCCO)c1nc([C@@H]2CCCN2)no1. The zero-order valence-corrected chi connectivity index (χ0v) is 11.9. The van der Waals surface area contributed by atoms with Crippen LogP contribution < -0.4 is 16.0 Å². The lowest BCUT2D eigenvalue weighted by Gasteiger charge is -2.13. The number of aliphatic carboxylic acids is 1. The molecule has 2 amide bonds. The van der Waals surface area contributed by atoms with E-state index in [1.54, 1.807) is 0 Å². The number of carbonyl (C=O) groups is 2. The first-order valence-corrected chi connectivity index (χ1v) is 7.04. The molecule has 1 aromatic rings. The topological polar surface area (TPSA) is 150 Å². The van der Waals surface area contributed by atoms with E-state index in [1.807, 2.05) is 0 Å². The number of carboxylic acids is 1. The van der Waals surface area contributed by atoms with Crippen molar-refractivity contribution < 1.29 is 24.3 Å². The van der Waals surface area contributed by atoms with E-state index in [1.165, 1.54) is 0 Å². The maximum atomic E-state index is 11.6. The van der Waals surface area contributed by atoms with Crippen LogP contribution in [-0.2, 0) is 4.79 Å². The highest BCUT2D eigenvalue weighted by atomic mass is 16.5. The number of aromatic nitrogens is 2. The van der Waals surface area contributed by atoms with Gasteiger partial charge >= 0.3 is 12.0 Å². The monoisotopic (exact) mass is 313 g/mol. The largest absolute Gasteiger partial charge is 0.481 e. The first-order chi connectivity index (χ1) is 10.6. The molecule has 0 saturated carbocycles. The van der Waals surface area contributed by atoms with Crippen molar-refractivity contribution in [1.29, 1.82) is 0 Å². The van der Waals surface area contributed by atoms with Gasteiger partial charge in [-0.15, -0.1) is 0 Å². The Bertz CT molecular complexity index is 514. The summed E-state index contributed by atoms with van der Waals surface area (Å²) in [5, 5.41) is 29.5. The number of amides is 2. The Hall–Kier alpha value is -2.20. The molecule has 22 heavy (non-hydrogen) atoms. The Morgan fingerprint density at radius 2 is 2.32 bits per heavy atom. The number of rotatable bonds is 7. The van der Waals surface area contributed by atoms with Crippen molar-refractivity contribution in [2.75, 3.05) is 19.7 Å². The number of nitrogens with one attached hydrogen (secondary N) is 3. The van der Waals surface area contributed by atoms with Crippen LogP contribution >= 0.6 is 0 Å². The second-order valence-electron chi connectivity index (χ2n) is 4.91. The van der Waals surface area contributed by atoms with Crippen molar-refractivity contribution in [2.24, 2.45) is 0 Å². The fourth-order valence-electron chi connectivity index (χ4n) is 2.19. The average Bonchev–Trinajstić information content (AvgIpc) is 3.14. The fraction of sp³-hybridized carbons (Fsp3) is 0.667. The van der Waals surface area contributed by atoms with E-state index in [4.69, 9.17) is 14.7 Å². The molecular weight excluding hydrogens is 294 g/mol. The molecule has 1 aliphatic rings. The lowest BCUT2D eigenvalue weighted by Crippen LogP contribution is -2.40. The minimum atomic E-state index is -1.11. The molecule has 0 spiro atoms. The van der Waals surface area contributed by atoms with Gasteiger partial charge in [0.15, 0.2) is 5.82 Å². The molecule has 0 aromatic carbocycles. The summed E-state index contributed by atoms with van der Waals surface area (Å²) in [7, 11) is 0. The molecule has 1 saturated heterocycles. The number of aliphatic hydroxyl groups excluding tert-OH is 1. The number of nitrogens with zero attached hydrogens (tertiary/aromatic N) is 2. The van der Waals surface area contributed by atoms with Crippen molar-refractivity contribution in [2.45, 2.75) is 31.3 Å². The summed E-state index contributed by atoms with van der Waals surface area (Å²) in [6.07, 6.45) is 1.51. The van der Waals surface area contributed by atoms with E-state index in [0.717, 1.165) is 19.4 Å². The fourth-order valence-corrected chi connectivity index (χ4v) is 2.19. The van der Waals surface area contributed by atoms with Crippen LogP contribution in [0.3, 0.4) is 0 Å². The molecule has 0 unspecified atom stereocenters. The lowest BCUT2D eigenvalue weighted by molar-refractivity contribution is -0.137. The smallest absolute Gasteiger partial charge is 0.315 e. The van der Waals surface area contributed by atoms with E-state index in [0.29, 0.717) is 5.82 Å². The molecule has 10 heteroatoms. The normalized spacial score (nSPS) is 18.9. The number of hydrogen-bond acceptors (Lipinski definition) is 7. The number of carboxylic acid groups (broad SMARTS) is 1. The maximum absolute atomic E-state index is 11.6. The van der Waals surface area contributed by atoms with Gasteiger partial charge in [0.05, 0.1) is 19.1 Å². The third-order valence-corrected chi connectivity index (χ3v) is 3.21. The minimum Gasteiger partial charge on any atom is -0.481 e. The zero-order chi connectivity index (χ0) is 15.9. The second-order valence-corrected chi connectivity index (χ2v) is 4.91. The van der Waals surface area contributed by atoms with Crippen LogP contribution in [0.4, 0.5) is 4.79 Å². The molecule has 5 N–H and O–H groups in total. The summed E-state index contributed by atoms with van der Waals surface area (Å²) in [4.78, 5) is 26.7. The van der Waals surface area contributed by atoms with Crippen molar-refractivity contribution in [3.05, 3.63) is 11.7 Å². The molecule has 122 valence electrons. The number of hydrogen-bond donors (Lipinski definition) is 5. The third-order valence-electron chi connectivity index (χ3n) is 3.21. The predicted octanol–water partition coefficient (Wildman–Crippen LogP) is -0.699. The molecular formula is C12H19N5O5. The van der Waals surface area contributed by atoms with Gasteiger partial charge in [-0.05, 0) is 19.4 Å². The van der Waals surface area contributed by atoms with Gasteiger partial charge in [0.25, 0.3) is 0 Å². The summed E-state index contributed by atoms with van der Waals surface area (Å²) in [5.41, 5.74) is 0. The Morgan fingerprint density at radius 3 is 2.95 bits per heavy atom. The summed E-state index contributed by atoms with van der Waals surface area (Å²) in [6, 6.07) is -1.55. The maximum Gasteiger partial charge on any atom is 0.315 e. The van der Waals surface area contributed by atoms with Gasteiger partial charge in [-0.3, -0.25) is 4.79 Å². The number of aliphatic hydroxyl groups is 1. The van der Waals surface area contributed by atoms with Crippen molar-refractivity contribution in [1.82, 2.24) is 26.1 Å². The highest BCUT2D eigenvalue weighted by Crippen LogP contribution is 2.22. The van der Waals surface area contributed by atoms with Gasteiger partial charge < -0.3 is 30.7 Å². The molecule has 1 aliphatic heterocycles. The first kappa shape index (κ1) is 16.2. The summed E-state index contributed by atoms with van der Waals surface area (Å²) in [5.74, 6) is -0.600. The van der Waals surface area contributed by atoms with Gasteiger partial charge in [0.2, 0.25) is 5.89 Å². The molecule has 1 aromatic heterocycles. The van der Waals surface area contributed by atoms with Crippen LogP contribution in [0.1, 0.15) is 43.1 Å². The van der Waals surface area contributed by atoms with Crippen LogP contribution in [0.5, 0.6) is 0 Å². The first-order valence-electron chi connectivity index (χ1n) is 7.04. The zero-order valence-electron chi connectivity index (χ0n) is 11.9. The van der Waals surface area contributed by atoms with E-state index < -0.39 is 18.0 Å². The molecule has 1 fully saturated rings. The number of urea groups is 1. The second kappa shape index (κ2) is 7.71. The van der Waals surface area contributed by atoms with Crippen molar-refractivity contribution in [3.63, 3.8) is 0 Å². The van der Waals surface area contributed by atoms with Gasteiger partial charge in [-0.2, -0.15) is 4.98 Å². The molecule has 0 aliphatic carbocycles. The van der Waals surface area contributed by atoms with Crippen LogP contribution in [0.2, 0.25) is 0 Å². The Labute approximate surface area is 126 Å². The molecule has 2 heterocycles. The van der Waals surface area contributed by atoms with Gasteiger partial charge in [0, 0.05) is 6.54 Å². The molecule has 10 nitrogen and oxygen atoms in total. The van der Waals surface area contributed by atoms with E-state index in [-0.39, 0.29) is 31.5 Å². The van der Waals surface area contributed by atoms with Crippen molar-refractivity contribution in [3.8, 4) is 0 Å². The highest BCUT2D eigenvalue weighted by Gasteiger charge is 2.27. The van der Waals surface area contributed by atoms with Crippen molar-refractivity contribution >= 4 is 12.0 Å². The van der Waals surface area contributed by atoms with Crippen LogP contribution in [0, 0.1) is 0 Å². The summed E-state index contributed by atoms with van der Waals surface area (Å²) >= 11 is 0. The average molecular weight is 313 g/mol. The Morgan fingerprint density at radius 1 is 1.50 bits per heavy atom. The number of carbonyl (C=O) groups excluding carboxylic acids is 1. The van der Waals surface area contributed by atoms with Gasteiger partial charge in [-0.25, -0.2) is 4.79 Å². The molecule has 2 atom stereocenters.